The molecule has 8 heteroatoms. The minimum Gasteiger partial charge on any atom is -0.383 e. The van der Waals surface area contributed by atoms with Gasteiger partial charge in [-0.3, -0.25) is 0 Å². The standard InChI is InChI=1S/C12H23N5O2S/c1-8(2)11-15-10(13)9(3)12(16-11)14-6-7-20(18,19)17(4)5/h8H,6-7H2,1-5H3,(H3,13,14,15,16). The second kappa shape index (κ2) is 6.36. The summed E-state index contributed by atoms with van der Waals surface area (Å²) >= 11 is 0. The number of nitrogens with one attached hydrogen (secondary N) is 1. The van der Waals surface area contributed by atoms with Gasteiger partial charge in [0.1, 0.15) is 17.5 Å². The molecule has 0 atom stereocenters. The number of nitrogen functional groups attached to an aromatic ring is 1. The van der Waals surface area contributed by atoms with Crippen LogP contribution in [0.1, 0.15) is 31.2 Å². The zero-order valence-corrected chi connectivity index (χ0v) is 13.5. The molecule has 1 aromatic rings. The molecule has 0 unspecified atom stereocenters. The molecule has 20 heavy (non-hydrogen) atoms. The van der Waals surface area contributed by atoms with Gasteiger partial charge >= 0.3 is 0 Å². The number of rotatable bonds is 6. The second-order valence-corrected chi connectivity index (χ2v) is 7.42. The third kappa shape index (κ3) is 4.04. The molecule has 1 aromatic heterocycles. The van der Waals surface area contributed by atoms with E-state index in [1.807, 2.05) is 20.8 Å². The lowest BCUT2D eigenvalue weighted by molar-refractivity contribution is 0.521. The van der Waals surface area contributed by atoms with Crippen LogP contribution in [0, 0.1) is 6.92 Å². The van der Waals surface area contributed by atoms with Crippen LogP contribution >= 0.6 is 0 Å². The highest BCUT2D eigenvalue weighted by Gasteiger charge is 2.15. The maximum absolute atomic E-state index is 11.7. The molecule has 0 aromatic carbocycles. The van der Waals surface area contributed by atoms with Crippen molar-refractivity contribution in [3.63, 3.8) is 0 Å². The summed E-state index contributed by atoms with van der Waals surface area (Å²) in [4.78, 5) is 8.60. The number of sulfonamides is 1. The molecule has 0 bridgehead atoms. The first-order chi connectivity index (χ1) is 9.15. The molecule has 3 N–H and O–H groups in total. The van der Waals surface area contributed by atoms with Crippen molar-refractivity contribution in [1.82, 2.24) is 14.3 Å². The maximum Gasteiger partial charge on any atom is 0.215 e. The lowest BCUT2D eigenvalue weighted by Gasteiger charge is -2.15. The van der Waals surface area contributed by atoms with Crippen LogP contribution in [0.4, 0.5) is 11.6 Å². The van der Waals surface area contributed by atoms with Crippen LogP contribution in [-0.2, 0) is 10.0 Å². The average Bonchev–Trinajstić information content (AvgIpc) is 2.33. The summed E-state index contributed by atoms with van der Waals surface area (Å²) in [6.45, 7) is 6.03. The Morgan fingerprint density at radius 2 is 1.90 bits per heavy atom. The zero-order valence-electron chi connectivity index (χ0n) is 12.6. The highest BCUT2D eigenvalue weighted by atomic mass is 32.2. The molecule has 0 aliphatic carbocycles. The molecular formula is C12H23N5O2S. The largest absolute Gasteiger partial charge is 0.383 e. The van der Waals surface area contributed by atoms with Crippen molar-refractivity contribution >= 4 is 21.7 Å². The molecule has 0 fully saturated rings. The number of nitrogens with two attached hydrogens (primary N) is 1. The summed E-state index contributed by atoms with van der Waals surface area (Å²) in [6, 6.07) is 0. The number of aromatic nitrogens is 2. The molecule has 0 saturated heterocycles. The molecule has 0 radical (unpaired) electrons. The molecule has 1 heterocycles. The Morgan fingerprint density at radius 1 is 1.30 bits per heavy atom. The average molecular weight is 301 g/mol. The van der Waals surface area contributed by atoms with E-state index in [0.29, 0.717) is 17.5 Å². The molecule has 0 saturated carbocycles. The van der Waals surface area contributed by atoms with Gasteiger partial charge in [-0.2, -0.15) is 0 Å². The first-order valence-corrected chi connectivity index (χ1v) is 8.04. The van der Waals surface area contributed by atoms with Gasteiger partial charge in [0.25, 0.3) is 0 Å². The Bertz CT molecular complexity index is 569. The Hall–Kier alpha value is -1.41. The number of anilines is 2. The van der Waals surface area contributed by atoms with Crippen molar-refractivity contribution in [3.8, 4) is 0 Å². The number of hydrogen-bond donors (Lipinski definition) is 2. The van der Waals surface area contributed by atoms with Crippen molar-refractivity contribution in [3.05, 3.63) is 11.4 Å². The van der Waals surface area contributed by atoms with Crippen molar-refractivity contribution < 1.29 is 8.42 Å². The van der Waals surface area contributed by atoms with Crippen LogP contribution in [-0.4, -0.2) is 49.1 Å². The molecule has 7 nitrogen and oxygen atoms in total. The lowest BCUT2D eigenvalue weighted by Crippen LogP contribution is -2.28. The molecule has 0 aliphatic heterocycles. The summed E-state index contributed by atoms with van der Waals surface area (Å²) in [6.07, 6.45) is 0. The highest BCUT2D eigenvalue weighted by molar-refractivity contribution is 7.89. The fraction of sp³-hybridized carbons (Fsp3) is 0.667. The number of hydrogen-bond acceptors (Lipinski definition) is 6. The van der Waals surface area contributed by atoms with E-state index in [2.05, 4.69) is 15.3 Å². The quantitative estimate of drug-likeness (QED) is 0.805. The van der Waals surface area contributed by atoms with Gasteiger partial charge in [0, 0.05) is 32.1 Å². The minimum atomic E-state index is -3.22. The monoisotopic (exact) mass is 301 g/mol. The van der Waals surface area contributed by atoms with Crippen molar-refractivity contribution in [2.24, 2.45) is 0 Å². The SMILES string of the molecule is Cc1c(N)nc(C(C)C)nc1NCCS(=O)(=O)N(C)C. The first-order valence-electron chi connectivity index (χ1n) is 6.43. The Kier molecular flexibility index (Phi) is 5.29. The summed E-state index contributed by atoms with van der Waals surface area (Å²) in [7, 11) is -0.194. The van der Waals surface area contributed by atoms with Gasteiger partial charge in [-0.1, -0.05) is 13.8 Å². The third-order valence-electron chi connectivity index (χ3n) is 2.93. The number of nitrogens with zero attached hydrogens (tertiary/aromatic N) is 3. The van der Waals surface area contributed by atoms with Gasteiger partial charge in [0.05, 0.1) is 5.75 Å². The van der Waals surface area contributed by atoms with Crippen LogP contribution in [0.25, 0.3) is 0 Å². The normalized spacial score (nSPS) is 12.2. The molecule has 114 valence electrons. The van der Waals surface area contributed by atoms with Crippen LogP contribution < -0.4 is 11.1 Å². The van der Waals surface area contributed by atoms with E-state index in [-0.39, 0.29) is 18.2 Å². The van der Waals surface area contributed by atoms with Crippen LogP contribution in [0.3, 0.4) is 0 Å². The van der Waals surface area contributed by atoms with E-state index in [4.69, 9.17) is 5.73 Å². The van der Waals surface area contributed by atoms with Gasteiger partial charge in [-0.05, 0) is 6.92 Å². The van der Waals surface area contributed by atoms with E-state index in [1.165, 1.54) is 18.4 Å². The molecular weight excluding hydrogens is 278 g/mol. The summed E-state index contributed by atoms with van der Waals surface area (Å²) in [5, 5.41) is 3.02. The van der Waals surface area contributed by atoms with E-state index in [1.54, 1.807) is 0 Å². The Balaban J connectivity index is 2.83. The molecule has 0 aliphatic rings. The van der Waals surface area contributed by atoms with Crippen molar-refractivity contribution in [2.75, 3.05) is 37.4 Å². The summed E-state index contributed by atoms with van der Waals surface area (Å²) in [5.41, 5.74) is 6.58. The van der Waals surface area contributed by atoms with Gasteiger partial charge in [0.15, 0.2) is 0 Å². The summed E-state index contributed by atoms with van der Waals surface area (Å²) < 4.78 is 24.6. The van der Waals surface area contributed by atoms with E-state index in [0.717, 1.165) is 5.56 Å². The smallest absolute Gasteiger partial charge is 0.215 e. The lowest BCUT2D eigenvalue weighted by atomic mass is 10.2. The molecule has 0 spiro atoms. The fourth-order valence-electron chi connectivity index (χ4n) is 1.46. The first kappa shape index (κ1) is 16.6. The summed E-state index contributed by atoms with van der Waals surface area (Å²) in [5.74, 6) is 1.81. The minimum absolute atomic E-state index is 0.000357. The van der Waals surface area contributed by atoms with Gasteiger partial charge in [-0.25, -0.2) is 22.7 Å². The van der Waals surface area contributed by atoms with Crippen LogP contribution in [0.15, 0.2) is 0 Å². The molecule has 0 amide bonds. The Morgan fingerprint density at radius 3 is 2.40 bits per heavy atom. The predicted molar refractivity (Wildman–Crippen MR) is 81.2 cm³/mol. The fourth-order valence-corrected chi connectivity index (χ4v) is 2.19. The van der Waals surface area contributed by atoms with Crippen molar-refractivity contribution in [1.29, 1.82) is 0 Å². The van der Waals surface area contributed by atoms with Gasteiger partial charge in [0.2, 0.25) is 10.0 Å². The Labute approximate surface area is 120 Å². The maximum atomic E-state index is 11.7. The zero-order chi connectivity index (χ0) is 15.5. The van der Waals surface area contributed by atoms with Crippen molar-refractivity contribution in [2.45, 2.75) is 26.7 Å². The van der Waals surface area contributed by atoms with Crippen LogP contribution in [0.2, 0.25) is 0 Å². The second-order valence-electron chi connectivity index (χ2n) is 5.12. The third-order valence-corrected chi connectivity index (χ3v) is 4.76. The molecule has 1 rings (SSSR count). The topological polar surface area (TPSA) is 101 Å². The van der Waals surface area contributed by atoms with E-state index in [9.17, 15) is 8.42 Å². The van der Waals surface area contributed by atoms with Gasteiger partial charge < -0.3 is 11.1 Å². The van der Waals surface area contributed by atoms with Crippen LogP contribution in [0.5, 0.6) is 0 Å². The van der Waals surface area contributed by atoms with E-state index >= 15 is 0 Å². The predicted octanol–water partition coefficient (Wildman–Crippen LogP) is 0.794. The highest BCUT2D eigenvalue weighted by Crippen LogP contribution is 2.20. The van der Waals surface area contributed by atoms with Gasteiger partial charge in [-0.15, -0.1) is 0 Å². The van der Waals surface area contributed by atoms with E-state index < -0.39 is 10.0 Å².